The molecule has 3 aromatic carbocycles. The van der Waals surface area contributed by atoms with Gasteiger partial charge in [-0.05, 0) is 60.3 Å². The maximum absolute atomic E-state index is 12.9. The van der Waals surface area contributed by atoms with Crippen molar-refractivity contribution in [3.63, 3.8) is 0 Å². The van der Waals surface area contributed by atoms with E-state index in [-0.39, 0.29) is 29.0 Å². The van der Waals surface area contributed by atoms with Crippen molar-refractivity contribution in [3.05, 3.63) is 112 Å². The van der Waals surface area contributed by atoms with E-state index in [1.165, 1.54) is 34.1 Å². The summed E-state index contributed by atoms with van der Waals surface area (Å²) in [6.45, 7) is 0. The second kappa shape index (κ2) is 8.47. The van der Waals surface area contributed by atoms with Crippen LogP contribution in [-0.2, 0) is 0 Å². The summed E-state index contributed by atoms with van der Waals surface area (Å²) in [6, 6.07) is 22.3. The smallest absolute Gasteiger partial charge is 0.266 e. The van der Waals surface area contributed by atoms with Crippen LogP contribution in [0.3, 0.4) is 0 Å². The Morgan fingerprint density at radius 2 is 1.39 bits per heavy atom. The number of benzene rings is 3. The first kappa shape index (κ1) is 22.6. The van der Waals surface area contributed by atoms with Gasteiger partial charge in [0.05, 0.1) is 32.6 Å². The maximum atomic E-state index is 12.9. The standard InChI is InChI=1S/C29H14N2O5S2/c32-25-17-5-1-2-6-18(17)26(33)21(25)14-16-10-12-24(36-16)38-29-30-22-11-9-15(13-23(22)37-29)31-27(34)19-7-3-4-8-20(19)28(31)35/h1-14H. The summed E-state index contributed by atoms with van der Waals surface area (Å²) in [5, 5.41) is 0.548. The number of anilines is 1. The number of imide groups is 1. The van der Waals surface area contributed by atoms with E-state index in [1.807, 2.05) is 0 Å². The van der Waals surface area contributed by atoms with Crippen molar-refractivity contribution in [2.45, 2.75) is 9.43 Å². The second-order valence-corrected chi connectivity index (χ2v) is 10.9. The predicted octanol–water partition coefficient (Wildman–Crippen LogP) is 6.30. The number of Topliss-reactive ketones (excluding diaryl/α,β-unsaturated/α-hetero) is 2. The van der Waals surface area contributed by atoms with Crippen molar-refractivity contribution in [1.29, 1.82) is 0 Å². The molecule has 2 aliphatic rings. The SMILES string of the molecule is O=C1C(=Cc2ccc(Sc3nc4ccc(N5C(=O)c6ccccc6C5=O)cc4s3)o2)C(=O)c2ccccc21. The van der Waals surface area contributed by atoms with E-state index in [0.717, 1.165) is 10.2 Å². The summed E-state index contributed by atoms with van der Waals surface area (Å²) in [6.07, 6.45) is 1.47. The molecule has 1 aliphatic heterocycles. The topological polar surface area (TPSA) is 97.6 Å². The van der Waals surface area contributed by atoms with Gasteiger partial charge in [-0.2, -0.15) is 0 Å². The molecule has 0 radical (unpaired) electrons. The highest BCUT2D eigenvalue weighted by Gasteiger charge is 2.36. The normalized spacial score (nSPS) is 14.5. The lowest BCUT2D eigenvalue weighted by Crippen LogP contribution is -2.29. The molecule has 182 valence electrons. The zero-order chi connectivity index (χ0) is 26.0. The minimum absolute atomic E-state index is 0.0813. The highest BCUT2D eigenvalue weighted by Crippen LogP contribution is 2.38. The average molecular weight is 535 g/mol. The van der Waals surface area contributed by atoms with Crippen LogP contribution >= 0.6 is 23.1 Å². The van der Waals surface area contributed by atoms with Crippen molar-refractivity contribution in [2.24, 2.45) is 0 Å². The number of hydrogen-bond acceptors (Lipinski definition) is 8. The lowest BCUT2D eigenvalue weighted by molar-refractivity contribution is 0.0922. The van der Waals surface area contributed by atoms with Crippen LogP contribution in [0.15, 0.2) is 98.3 Å². The fourth-order valence-corrected chi connectivity index (χ4v) is 6.60. The molecule has 0 unspecified atom stereocenters. The highest BCUT2D eigenvalue weighted by atomic mass is 32.2. The van der Waals surface area contributed by atoms with E-state index in [1.54, 1.807) is 78.9 Å². The van der Waals surface area contributed by atoms with Gasteiger partial charge >= 0.3 is 0 Å². The number of rotatable bonds is 4. The molecular formula is C29H14N2O5S2. The van der Waals surface area contributed by atoms with Crippen molar-refractivity contribution in [1.82, 2.24) is 4.98 Å². The van der Waals surface area contributed by atoms with Crippen LogP contribution in [0.25, 0.3) is 16.3 Å². The second-order valence-electron chi connectivity index (χ2n) is 8.64. The first-order valence-corrected chi connectivity index (χ1v) is 13.2. The van der Waals surface area contributed by atoms with Crippen molar-refractivity contribution in [2.75, 3.05) is 4.90 Å². The largest absolute Gasteiger partial charge is 0.450 e. The van der Waals surface area contributed by atoms with E-state index < -0.39 is 0 Å². The molecule has 9 heteroatoms. The minimum Gasteiger partial charge on any atom is -0.450 e. The number of allylic oxidation sites excluding steroid dienone is 1. The molecule has 5 aromatic rings. The fraction of sp³-hybridized carbons (Fsp3) is 0. The molecule has 2 amide bonds. The van der Waals surface area contributed by atoms with Crippen molar-refractivity contribution >= 4 is 68.5 Å². The Morgan fingerprint density at radius 1 is 0.763 bits per heavy atom. The Balaban J connectivity index is 1.13. The number of nitrogens with zero attached hydrogens (tertiary/aromatic N) is 2. The molecule has 0 bridgehead atoms. The van der Waals surface area contributed by atoms with E-state index >= 15 is 0 Å². The summed E-state index contributed by atoms with van der Waals surface area (Å²) < 4.78 is 7.38. The molecule has 0 saturated carbocycles. The molecule has 0 saturated heterocycles. The molecule has 3 heterocycles. The third-order valence-corrected chi connectivity index (χ3v) is 8.39. The van der Waals surface area contributed by atoms with Gasteiger partial charge in [0.15, 0.2) is 21.0 Å². The number of aromatic nitrogens is 1. The van der Waals surface area contributed by atoms with Crippen LogP contribution in [-0.4, -0.2) is 28.4 Å². The Morgan fingerprint density at radius 3 is 2.05 bits per heavy atom. The zero-order valence-corrected chi connectivity index (χ0v) is 21.0. The molecule has 38 heavy (non-hydrogen) atoms. The van der Waals surface area contributed by atoms with Crippen LogP contribution < -0.4 is 4.90 Å². The Bertz CT molecular complexity index is 1830. The van der Waals surface area contributed by atoms with Gasteiger partial charge in [-0.3, -0.25) is 19.2 Å². The summed E-state index contributed by atoms with van der Waals surface area (Å²) in [4.78, 5) is 56.8. The van der Waals surface area contributed by atoms with Crippen molar-refractivity contribution in [3.8, 4) is 0 Å². The number of amides is 2. The molecule has 7 rings (SSSR count). The summed E-state index contributed by atoms with van der Waals surface area (Å²) >= 11 is 2.71. The van der Waals surface area contributed by atoms with Crippen LogP contribution in [0, 0.1) is 0 Å². The molecule has 7 nitrogen and oxygen atoms in total. The van der Waals surface area contributed by atoms with Crippen LogP contribution in [0.4, 0.5) is 5.69 Å². The fourth-order valence-electron chi connectivity index (χ4n) is 4.60. The van der Waals surface area contributed by atoms with E-state index in [0.29, 0.717) is 43.1 Å². The Hall–Kier alpha value is -4.60. The summed E-state index contributed by atoms with van der Waals surface area (Å²) in [5.41, 5.74) is 2.89. The first-order chi connectivity index (χ1) is 18.5. The van der Waals surface area contributed by atoms with E-state index in [9.17, 15) is 19.2 Å². The average Bonchev–Trinajstić information content (AvgIpc) is 3.67. The van der Waals surface area contributed by atoms with Crippen molar-refractivity contribution < 1.29 is 23.6 Å². The quantitative estimate of drug-likeness (QED) is 0.152. The number of ketones is 2. The highest BCUT2D eigenvalue weighted by molar-refractivity contribution is 8.01. The molecule has 0 fully saturated rings. The van der Waals surface area contributed by atoms with Gasteiger partial charge in [0, 0.05) is 11.1 Å². The van der Waals surface area contributed by atoms with Crippen LogP contribution in [0.1, 0.15) is 47.2 Å². The molecule has 0 spiro atoms. The number of carbonyl (C=O) groups is 4. The number of furan rings is 1. The van der Waals surface area contributed by atoms with Gasteiger partial charge < -0.3 is 4.42 Å². The molecule has 1 aliphatic carbocycles. The summed E-state index contributed by atoms with van der Waals surface area (Å²) in [7, 11) is 0. The lowest BCUT2D eigenvalue weighted by atomic mass is 10.1. The maximum Gasteiger partial charge on any atom is 0.266 e. The third kappa shape index (κ3) is 3.47. The number of carbonyl (C=O) groups excluding carboxylic acids is 4. The van der Waals surface area contributed by atoms with Gasteiger partial charge in [0.1, 0.15) is 5.76 Å². The zero-order valence-electron chi connectivity index (χ0n) is 19.3. The third-order valence-electron chi connectivity index (χ3n) is 6.39. The number of fused-ring (bicyclic) bond motifs is 3. The van der Waals surface area contributed by atoms with Crippen LogP contribution in [0.2, 0.25) is 0 Å². The monoisotopic (exact) mass is 534 g/mol. The predicted molar refractivity (Wildman–Crippen MR) is 143 cm³/mol. The van der Waals surface area contributed by atoms with Gasteiger partial charge in [0.25, 0.3) is 11.8 Å². The van der Waals surface area contributed by atoms with E-state index in [4.69, 9.17) is 4.42 Å². The number of hydrogen-bond donors (Lipinski definition) is 0. The van der Waals surface area contributed by atoms with Gasteiger partial charge in [-0.25, -0.2) is 9.88 Å². The molecule has 0 N–H and O–H groups in total. The number of thiazole rings is 1. The Labute approximate surface area is 223 Å². The summed E-state index contributed by atoms with van der Waals surface area (Å²) in [5.74, 6) is -0.911. The lowest BCUT2D eigenvalue weighted by Gasteiger charge is -2.13. The first-order valence-electron chi connectivity index (χ1n) is 11.5. The molecule has 2 aromatic heterocycles. The van der Waals surface area contributed by atoms with Gasteiger partial charge in [0.2, 0.25) is 0 Å². The minimum atomic E-state index is -0.344. The van der Waals surface area contributed by atoms with E-state index in [2.05, 4.69) is 4.98 Å². The van der Waals surface area contributed by atoms with Gasteiger partial charge in [-0.1, -0.05) is 36.4 Å². The van der Waals surface area contributed by atoms with Gasteiger partial charge in [-0.15, -0.1) is 11.3 Å². The molecule has 0 atom stereocenters. The molecular weight excluding hydrogens is 520 g/mol. The van der Waals surface area contributed by atoms with Crippen LogP contribution in [0.5, 0.6) is 0 Å². The Kier molecular flexibility index (Phi) is 5.04.